The van der Waals surface area contributed by atoms with Crippen molar-refractivity contribution in [3.05, 3.63) is 30.3 Å². The summed E-state index contributed by atoms with van der Waals surface area (Å²) < 4.78 is 10.9. The number of fused-ring (bicyclic) bond motifs is 1. The van der Waals surface area contributed by atoms with Crippen molar-refractivity contribution in [1.29, 1.82) is 0 Å². The molecule has 2 aliphatic heterocycles. The number of benzene rings is 1. The molecule has 5 nitrogen and oxygen atoms in total. The zero-order valence-corrected chi connectivity index (χ0v) is 14.0. The molecule has 0 amide bonds. The average Bonchev–Trinajstić information content (AvgIpc) is 3.10. The van der Waals surface area contributed by atoms with Gasteiger partial charge in [-0.2, -0.15) is 0 Å². The van der Waals surface area contributed by atoms with Crippen LogP contribution in [-0.2, 0) is 4.74 Å². The number of nitrogens with zero attached hydrogens (tertiary/aromatic N) is 2. The molecule has 0 bridgehead atoms. The molecule has 2 saturated heterocycles. The van der Waals surface area contributed by atoms with Gasteiger partial charge in [-0.1, -0.05) is 0 Å². The lowest BCUT2D eigenvalue weighted by Gasteiger charge is -2.37. The SMILES string of the molecule is COc1ccc2nc(N3CCC[C@@H]3[C@@H]3COCC[C@H]3O)ccc2c1. The quantitative estimate of drug-likeness (QED) is 0.939. The Morgan fingerprint density at radius 2 is 2.17 bits per heavy atom. The van der Waals surface area contributed by atoms with Gasteiger partial charge in [0.1, 0.15) is 11.6 Å². The van der Waals surface area contributed by atoms with Gasteiger partial charge in [0, 0.05) is 30.5 Å². The number of aliphatic hydroxyl groups excluding tert-OH is 1. The van der Waals surface area contributed by atoms with Gasteiger partial charge in [0.2, 0.25) is 0 Å². The second-order valence-electron chi connectivity index (χ2n) is 6.73. The number of pyridine rings is 1. The molecule has 3 heterocycles. The zero-order chi connectivity index (χ0) is 16.5. The Bertz CT molecular complexity index is 721. The highest BCUT2D eigenvalue weighted by molar-refractivity contribution is 5.82. The summed E-state index contributed by atoms with van der Waals surface area (Å²) in [5, 5.41) is 11.5. The van der Waals surface area contributed by atoms with Gasteiger partial charge in [-0.25, -0.2) is 4.98 Å². The van der Waals surface area contributed by atoms with E-state index in [0.29, 0.717) is 19.3 Å². The fourth-order valence-electron chi connectivity index (χ4n) is 4.02. The number of ether oxygens (including phenoxy) is 2. The van der Waals surface area contributed by atoms with Gasteiger partial charge in [-0.15, -0.1) is 0 Å². The van der Waals surface area contributed by atoms with Crippen molar-refractivity contribution in [1.82, 2.24) is 4.98 Å². The predicted molar refractivity (Wildman–Crippen MR) is 93.6 cm³/mol. The molecule has 2 aromatic rings. The minimum atomic E-state index is -0.269. The van der Waals surface area contributed by atoms with E-state index in [0.717, 1.165) is 48.3 Å². The summed E-state index contributed by atoms with van der Waals surface area (Å²) in [5.41, 5.74) is 0.972. The first-order valence-corrected chi connectivity index (χ1v) is 8.73. The van der Waals surface area contributed by atoms with E-state index in [-0.39, 0.29) is 12.0 Å². The van der Waals surface area contributed by atoms with Crippen molar-refractivity contribution < 1.29 is 14.6 Å². The van der Waals surface area contributed by atoms with Gasteiger partial charge >= 0.3 is 0 Å². The summed E-state index contributed by atoms with van der Waals surface area (Å²) in [6.07, 6.45) is 2.69. The van der Waals surface area contributed by atoms with Gasteiger partial charge in [-0.3, -0.25) is 0 Å². The van der Waals surface area contributed by atoms with E-state index in [1.165, 1.54) is 0 Å². The van der Waals surface area contributed by atoms with E-state index in [1.807, 2.05) is 18.2 Å². The molecule has 1 aromatic heterocycles. The molecule has 2 aliphatic rings. The third-order valence-electron chi connectivity index (χ3n) is 5.33. The molecule has 4 rings (SSSR count). The summed E-state index contributed by atoms with van der Waals surface area (Å²) >= 11 is 0. The maximum Gasteiger partial charge on any atom is 0.129 e. The van der Waals surface area contributed by atoms with E-state index in [4.69, 9.17) is 14.5 Å². The van der Waals surface area contributed by atoms with E-state index >= 15 is 0 Å². The van der Waals surface area contributed by atoms with Crippen molar-refractivity contribution in [3.8, 4) is 5.75 Å². The van der Waals surface area contributed by atoms with Crippen LogP contribution in [0.2, 0.25) is 0 Å². The summed E-state index contributed by atoms with van der Waals surface area (Å²) in [6.45, 7) is 2.30. The van der Waals surface area contributed by atoms with Crippen molar-refractivity contribution in [2.75, 3.05) is 31.8 Å². The van der Waals surface area contributed by atoms with Crippen LogP contribution >= 0.6 is 0 Å². The minimum Gasteiger partial charge on any atom is -0.497 e. The molecule has 0 saturated carbocycles. The molecule has 1 N–H and O–H groups in total. The average molecular weight is 328 g/mol. The standard InChI is InChI=1S/C19H24N2O3/c1-23-14-5-6-16-13(11-14)4-7-19(20-16)21-9-2-3-17(21)15-12-24-10-8-18(15)22/h4-7,11,15,17-18,22H,2-3,8-10,12H2,1H3/t15-,17+,18+/m0/s1. The van der Waals surface area contributed by atoms with E-state index < -0.39 is 0 Å². The minimum absolute atomic E-state index is 0.176. The van der Waals surface area contributed by atoms with Crippen LogP contribution in [0.25, 0.3) is 10.9 Å². The zero-order valence-electron chi connectivity index (χ0n) is 14.0. The Hall–Kier alpha value is -1.85. The highest BCUT2D eigenvalue weighted by Crippen LogP contribution is 2.33. The molecule has 1 aromatic carbocycles. The second kappa shape index (κ2) is 6.57. The Labute approximate surface area is 142 Å². The Balaban J connectivity index is 1.63. The van der Waals surface area contributed by atoms with Crippen LogP contribution in [0.5, 0.6) is 5.75 Å². The molecule has 0 spiro atoms. The molecule has 0 radical (unpaired) electrons. The predicted octanol–water partition coefficient (Wildman–Crippen LogP) is 2.61. The number of aliphatic hydroxyl groups is 1. The maximum absolute atomic E-state index is 10.4. The molecule has 128 valence electrons. The number of hydrogen-bond acceptors (Lipinski definition) is 5. The van der Waals surface area contributed by atoms with Gasteiger partial charge in [0.25, 0.3) is 0 Å². The monoisotopic (exact) mass is 328 g/mol. The molecule has 0 aliphatic carbocycles. The van der Waals surface area contributed by atoms with Crippen molar-refractivity contribution in [2.24, 2.45) is 5.92 Å². The fraction of sp³-hybridized carbons (Fsp3) is 0.526. The van der Waals surface area contributed by atoms with Crippen LogP contribution in [-0.4, -0.2) is 49.1 Å². The molecular formula is C19H24N2O3. The number of aromatic nitrogens is 1. The Morgan fingerprint density at radius 1 is 1.25 bits per heavy atom. The van der Waals surface area contributed by atoms with Crippen LogP contribution in [0.4, 0.5) is 5.82 Å². The molecule has 5 heteroatoms. The molecule has 24 heavy (non-hydrogen) atoms. The number of methoxy groups -OCH3 is 1. The number of anilines is 1. The third kappa shape index (κ3) is 2.82. The number of rotatable bonds is 3. The molecule has 0 unspecified atom stereocenters. The molecule has 2 fully saturated rings. The lowest BCUT2D eigenvalue weighted by atomic mass is 9.89. The summed E-state index contributed by atoms with van der Waals surface area (Å²) in [4.78, 5) is 7.20. The topological polar surface area (TPSA) is 54.8 Å². The summed E-state index contributed by atoms with van der Waals surface area (Å²) in [6, 6.07) is 10.4. The highest BCUT2D eigenvalue weighted by atomic mass is 16.5. The van der Waals surface area contributed by atoms with Crippen LogP contribution in [0.15, 0.2) is 30.3 Å². The molecular weight excluding hydrogens is 304 g/mol. The Kier molecular flexibility index (Phi) is 4.29. The van der Waals surface area contributed by atoms with Crippen LogP contribution in [0.3, 0.4) is 0 Å². The van der Waals surface area contributed by atoms with Crippen molar-refractivity contribution in [2.45, 2.75) is 31.4 Å². The number of hydrogen-bond donors (Lipinski definition) is 1. The van der Waals surface area contributed by atoms with E-state index in [2.05, 4.69) is 17.0 Å². The van der Waals surface area contributed by atoms with Gasteiger partial charge in [-0.05, 0) is 49.6 Å². The second-order valence-corrected chi connectivity index (χ2v) is 6.73. The van der Waals surface area contributed by atoms with Gasteiger partial charge < -0.3 is 19.5 Å². The maximum atomic E-state index is 10.4. The van der Waals surface area contributed by atoms with Gasteiger partial charge in [0.15, 0.2) is 0 Å². The summed E-state index contributed by atoms with van der Waals surface area (Å²) in [5.74, 6) is 2.01. The first-order valence-electron chi connectivity index (χ1n) is 8.73. The first kappa shape index (κ1) is 15.7. The normalized spacial score (nSPS) is 27.6. The summed E-state index contributed by atoms with van der Waals surface area (Å²) in [7, 11) is 1.68. The lowest BCUT2D eigenvalue weighted by molar-refractivity contribution is -0.0438. The van der Waals surface area contributed by atoms with Crippen LogP contribution in [0, 0.1) is 5.92 Å². The van der Waals surface area contributed by atoms with E-state index in [1.54, 1.807) is 7.11 Å². The largest absolute Gasteiger partial charge is 0.497 e. The fourth-order valence-corrected chi connectivity index (χ4v) is 4.02. The van der Waals surface area contributed by atoms with Crippen LogP contribution in [0.1, 0.15) is 19.3 Å². The third-order valence-corrected chi connectivity index (χ3v) is 5.33. The van der Waals surface area contributed by atoms with Crippen LogP contribution < -0.4 is 9.64 Å². The highest BCUT2D eigenvalue weighted by Gasteiger charge is 2.38. The van der Waals surface area contributed by atoms with Gasteiger partial charge in [0.05, 0.1) is 25.3 Å². The molecule has 3 atom stereocenters. The lowest BCUT2D eigenvalue weighted by Crippen LogP contribution is -2.46. The first-order chi connectivity index (χ1) is 11.8. The Morgan fingerprint density at radius 3 is 3.00 bits per heavy atom. The smallest absolute Gasteiger partial charge is 0.129 e. The van der Waals surface area contributed by atoms with Crippen molar-refractivity contribution in [3.63, 3.8) is 0 Å². The van der Waals surface area contributed by atoms with E-state index in [9.17, 15) is 5.11 Å². The van der Waals surface area contributed by atoms with Crippen molar-refractivity contribution >= 4 is 16.7 Å².